The van der Waals surface area contributed by atoms with Crippen molar-refractivity contribution < 1.29 is 9.90 Å². The molecule has 0 aliphatic heterocycles. The lowest BCUT2D eigenvalue weighted by Gasteiger charge is -1.97. The third kappa shape index (κ3) is 1.67. The number of ketones is 1. The Kier molecular flexibility index (Phi) is 2.33. The van der Waals surface area contributed by atoms with E-state index < -0.39 is 0 Å². The van der Waals surface area contributed by atoms with Crippen LogP contribution < -0.4 is 0 Å². The molecular formula is C11H8O2S. The van der Waals surface area contributed by atoms with Crippen molar-refractivity contribution >= 4 is 17.1 Å². The number of phenols is 1. The summed E-state index contributed by atoms with van der Waals surface area (Å²) in [6.07, 6.45) is 0. The molecule has 0 saturated heterocycles. The maximum absolute atomic E-state index is 11.7. The highest BCUT2D eigenvalue weighted by Gasteiger charge is 2.08. The monoisotopic (exact) mass is 204 g/mol. The van der Waals surface area contributed by atoms with Gasteiger partial charge in [0, 0.05) is 16.5 Å². The number of carbonyl (C=O) groups excluding carboxylic acids is 1. The molecule has 2 aromatic rings. The normalized spacial score (nSPS) is 10.0. The number of carbonyl (C=O) groups is 1. The first-order valence-corrected chi connectivity index (χ1v) is 5.07. The summed E-state index contributed by atoms with van der Waals surface area (Å²) in [5, 5.41) is 12.7. The summed E-state index contributed by atoms with van der Waals surface area (Å²) >= 11 is 1.50. The third-order valence-corrected chi connectivity index (χ3v) is 2.60. The number of hydrogen-bond acceptors (Lipinski definition) is 3. The zero-order valence-electron chi connectivity index (χ0n) is 7.31. The Morgan fingerprint density at radius 3 is 2.36 bits per heavy atom. The molecule has 0 saturated carbocycles. The fourth-order valence-electron chi connectivity index (χ4n) is 1.17. The average molecular weight is 204 g/mol. The predicted octanol–water partition coefficient (Wildman–Crippen LogP) is 2.68. The first-order chi connectivity index (χ1) is 6.77. The number of phenolic OH excluding ortho intramolecular Hbond substituents is 1. The van der Waals surface area contributed by atoms with Crippen LogP contribution in [0, 0.1) is 0 Å². The SMILES string of the molecule is O=C(c1ccc(O)cc1)c1ccsc1. The molecule has 3 heteroatoms. The van der Waals surface area contributed by atoms with E-state index in [9.17, 15) is 4.79 Å². The van der Waals surface area contributed by atoms with Crippen molar-refractivity contribution in [2.75, 3.05) is 0 Å². The van der Waals surface area contributed by atoms with Gasteiger partial charge >= 0.3 is 0 Å². The Morgan fingerprint density at radius 2 is 1.79 bits per heavy atom. The minimum atomic E-state index is -0.00810. The van der Waals surface area contributed by atoms with Crippen LogP contribution in [-0.4, -0.2) is 10.9 Å². The Bertz CT molecular complexity index is 429. The van der Waals surface area contributed by atoms with Gasteiger partial charge in [-0.15, -0.1) is 0 Å². The summed E-state index contributed by atoms with van der Waals surface area (Å²) in [6, 6.07) is 8.06. The molecule has 1 aromatic carbocycles. The molecule has 14 heavy (non-hydrogen) atoms. The molecule has 0 unspecified atom stereocenters. The number of hydrogen-bond donors (Lipinski definition) is 1. The van der Waals surface area contributed by atoms with Gasteiger partial charge in [-0.2, -0.15) is 11.3 Å². The smallest absolute Gasteiger partial charge is 0.193 e. The van der Waals surface area contributed by atoms with E-state index in [1.165, 1.54) is 23.5 Å². The number of benzene rings is 1. The summed E-state index contributed by atoms with van der Waals surface area (Å²) in [6.45, 7) is 0. The van der Waals surface area contributed by atoms with Crippen LogP contribution in [0.25, 0.3) is 0 Å². The zero-order chi connectivity index (χ0) is 9.97. The quantitative estimate of drug-likeness (QED) is 0.763. The lowest BCUT2D eigenvalue weighted by Crippen LogP contribution is -1.98. The molecule has 70 valence electrons. The van der Waals surface area contributed by atoms with Gasteiger partial charge in [-0.3, -0.25) is 4.79 Å². The molecule has 0 spiro atoms. The maximum atomic E-state index is 11.7. The van der Waals surface area contributed by atoms with Gasteiger partial charge < -0.3 is 5.11 Å². The molecular weight excluding hydrogens is 196 g/mol. The maximum Gasteiger partial charge on any atom is 0.193 e. The van der Waals surface area contributed by atoms with E-state index >= 15 is 0 Å². The standard InChI is InChI=1S/C11H8O2S/c12-10-3-1-8(2-4-10)11(13)9-5-6-14-7-9/h1-7,12H. The fourth-order valence-corrected chi connectivity index (χ4v) is 1.81. The van der Waals surface area contributed by atoms with Gasteiger partial charge in [-0.05, 0) is 35.7 Å². The first kappa shape index (κ1) is 8.97. The van der Waals surface area contributed by atoms with Crippen LogP contribution in [0.5, 0.6) is 5.75 Å². The van der Waals surface area contributed by atoms with E-state index in [0.717, 1.165) is 0 Å². The van der Waals surface area contributed by atoms with Crippen molar-refractivity contribution in [3.63, 3.8) is 0 Å². The van der Waals surface area contributed by atoms with Gasteiger partial charge in [0.15, 0.2) is 5.78 Å². The van der Waals surface area contributed by atoms with Crippen molar-refractivity contribution in [2.24, 2.45) is 0 Å². The van der Waals surface area contributed by atoms with E-state index in [2.05, 4.69) is 0 Å². The van der Waals surface area contributed by atoms with E-state index in [-0.39, 0.29) is 11.5 Å². The second-order valence-electron chi connectivity index (χ2n) is 2.89. The van der Waals surface area contributed by atoms with Crippen molar-refractivity contribution in [3.8, 4) is 5.75 Å². The van der Waals surface area contributed by atoms with Crippen molar-refractivity contribution in [1.29, 1.82) is 0 Å². The van der Waals surface area contributed by atoms with Gasteiger partial charge in [0.1, 0.15) is 5.75 Å². The highest BCUT2D eigenvalue weighted by molar-refractivity contribution is 7.08. The molecule has 0 aliphatic rings. The van der Waals surface area contributed by atoms with Crippen molar-refractivity contribution in [3.05, 3.63) is 52.2 Å². The van der Waals surface area contributed by atoms with Crippen molar-refractivity contribution in [2.45, 2.75) is 0 Å². The molecule has 0 radical (unpaired) electrons. The Balaban J connectivity index is 2.33. The second-order valence-corrected chi connectivity index (χ2v) is 3.67. The molecule has 0 amide bonds. The minimum absolute atomic E-state index is 0.00810. The van der Waals surface area contributed by atoms with Gasteiger partial charge in [-0.1, -0.05) is 0 Å². The van der Waals surface area contributed by atoms with Crippen LogP contribution in [0.3, 0.4) is 0 Å². The van der Waals surface area contributed by atoms with Crippen LogP contribution in [-0.2, 0) is 0 Å². The molecule has 1 N–H and O–H groups in total. The summed E-state index contributed by atoms with van der Waals surface area (Å²) in [7, 11) is 0. The molecule has 1 heterocycles. The molecule has 2 nitrogen and oxygen atoms in total. The van der Waals surface area contributed by atoms with Crippen molar-refractivity contribution in [1.82, 2.24) is 0 Å². The summed E-state index contributed by atoms with van der Waals surface area (Å²) in [4.78, 5) is 11.7. The topological polar surface area (TPSA) is 37.3 Å². The van der Waals surface area contributed by atoms with Gasteiger partial charge in [0.2, 0.25) is 0 Å². The second kappa shape index (κ2) is 3.64. The van der Waals surface area contributed by atoms with Crippen LogP contribution in [0.15, 0.2) is 41.1 Å². The van der Waals surface area contributed by atoms with E-state index in [1.54, 1.807) is 18.2 Å². The highest BCUT2D eigenvalue weighted by atomic mass is 32.1. The number of aromatic hydroxyl groups is 1. The summed E-state index contributed by atoms with van der Waals surface area (Å²) in [5.41, 5.74) is 1.29. The Morgan fingerprint density at radius 1 is 1.07 bits per heavy atom. The van der Waals surface area contributed by atoms with Crippen LogP contribution in [0.4, 0.5) is 0 Å². The Labute approximate surface area is 85.4 Å². The lowest BCUT2D eigenvalue weighted by atomic mass is 10.1. The predicted molar refractivity (Wildman–Crippen MR) is 55.9 cm³/mol. The summed E-state index contributed by atoms with van der Waals surface area (Å²) < 4.78 is 0. The average Bonchev–Trinajstić information content (AvgIpc) is 2.71. The van der Waals surface area contributed by atoms with Crippen LogP contribution in [0.2, 0.25) is 0 Å². The number of thiophene rings is 1. The molecule has 2 rings (SSSR count). The van der Waals surface area contributed by atoms with Gasteiger partial charge in [0.05, 0.1) is 0 Å². The molecule has 0 atom stereocenters. The molecule has 0 aliphatic carbocycles. The number of rotatable bonds is 2. The van der Waals surface area contributed by atoms with Gasteiger partial charge in [-0.25, -0.2) is 0 Å². The lowest BCUT2D eigenvalue weighted by molar-refractivity contribution is 0.103. The van der Waals surface area contributed by atoms with E-state index in [0.29, 0.717) is 11.1 Å². The van der Waals surface area contributed by atoms with E-state index in [4.69, 9.17) is 5.11 Å². The fraction of sp³-hybridized carbons (Fsp3) is 0. The molecule has 0 fully saturated rings. The molecule has 0 bridgehead atoms. The van der Waals surface area contributed by atoms with Crippen LogP contribution in [0.1, 0.15) is 15.9 Å². The van der Waals surface area contributed by atoms with Crippen LogP contribution >= 0.6 is 11.3 Å². The van der Waals surface area contributed by atoms with E-state index in [1.807, 2.05) is 10.8 Å². The zero-order valence-corrected chi connectivity index (χ0v) is 8.12. The van der Waals surface area contributed by atoms with Gasteiger partial charge in [0.25, 0.3) is 0 Å². The highest BCUT2D eigenvalue weighted by Crippen LogP contribution is 2.15. The third-order valence-electron chi connectivity index (χ3n) is 1.91. The minimum Gasteiger partial charge on any atom is -0.508 e. The molecule has 1 aromatic heterocycles. The largest absolute Gasteiger partial charge is 0.508 e. The first-order valence-electron chi connectivity index (χ1n) is 4.13. The summed E-state index contributed by atoms with van der Waals surface area (Å²) in [5.74, 6) is 0.165. The Hall–Kier alpha value is -1.61.